The number of allylic oxidation sites excluding steroid dienone is 4. The van der Waals surface area contributed by atoms with Crippen LogP contribution >= 0.6 is 23.2 Å². The van der Waals surface area contributed by atoms with Crippen LogP contribution < -0.4 is 5.32 Å². The fraction of sp³-hybridized carbons (Fsp3) is 0.294. The molecule has 2 aliphatic carbocycles. The van der Waals surface area contributed by atoms with Crippen molar-refractivity contribution in [2.45, 2.75) is 25.3 Å². The molecule has 1 nitrogen and oxygen atoms in total. The summed E-state index contributed by atoms with van der Waals surface area (Å²) in [5, 5.41) is 4.66. The summed E-state index contributed by atoms with van der Waals surface area (Å²) in [4.78, 5) is 0. The Hall–Kier alpha value is -1.02. The van der Waals surface area contributed by atoms with Crippen molar-refractivity contribution < 1.29 is 0 Å². The fourth-order valence-electron chi connectivity index (χ4n) is 3.10. The smallest absolute Gasteiger partial charge is 0.0598 e. The highest BCUT2D eigenvalue weighted by atomic mass is 35.5. The molecular weight excluding hydrogens is 289 g/mol. The molecule has 0 radical (unpaired) electrons. The Morgan fingerprint density at radius 1 is 1.15 bits per heavy atom. The molecule has 0 fully saturated rings. The van der Waals surface area contributed by atoms with Gasteiger partial charge in [0, 0.05) is 6.04 Å². The topological polar surface area (TPSA) is 12.0 Å². The molecule has 0 unspecified atom stereocenters. The molecule has 1 N–H and O–H groups in total. The lowest BCUT2D eigenvalue weighted by Gasteiger charge is -2.31. The van der Waals surface area contributed by atoms with Gasteiger partial charge in [-0.2, -0.15) is 0 Å². The second kappa shape index (κ2) is 5.77. The molecule has 0 saturated heterocycles. The van der Waals surface area contributed by atoms with Crippen molar-refractivity contribution in [2.75, 3.05) is 7.05 Å². The van der Waals surface area contributed by atoms with E-state index in [1.165, 1.54) is 22.3 Å². The number of fused-ring (bicyclic) bond motifs is 1. The number of hydrogen-bond donors (Lipinski definition) is 1. The molecule has 2 aliphatic rings. The van der Waals surface area contributed by atoms with E-state index in [9.17, 15) is 0 Å². The Morgan fingerprint density at radius 3 is 2.75 bits per heavy atom. The zero-order valence-electron chi connectivity index (χ0n) is 11.4. The number of rotatable bonds is 2. The van der Waals surface area contributed by atoms with Crippen molar-refractivity contribution in [1.29, 1.82) is 0 Å². The van der Waals surface area contributed by atoms with Crippen LogP contribution in [-0.2, 0) is 0 Å². The van der Waals surface area contributed by atoms with E-state index in [-0.39, 0.29) is 0 Å². The lowest BCUT2D eigenvalue weighted by molar-refractivity contribution is 0.584. The van der Waals surface area contributed by atoms with E-state index in [0.717, 1.165) is 19.3 Å². The summed E-state index contributed by atoms with van der Waals surface area (Å²) in [6, 6.07) is 6.41. The van der Waals surface area contributed by atoms with E-state index in [0.29, 0.717) is 16.1 Å². The minimum Gasteiger partial charge on any atom is -0.313 e. The average Bonchev–Trinajstić information content (AvgIpc) is 2.49. The zero-order valence-corrected chi connectivity index (χ0v) is 12.9. The van der Waals surface area contributed by atoms with Crippen molar-refractivity contribution in [1.82, 2.24) is 5.32 Å². The molecule has 1 aromatic rings. The third kappa shape index (κ3) is 2.46. The third-order valence-corrected chi connectivity index (χ3v) is 4.86. The molecule has 104 valence electrons. The van der Waals surface area contributed by atoms with Gasteiger partial charge in [-0.25, -0.2) is 0 Å². The first-order valence-electron chi connectivity index (χ1n) is 6.92. The first-order chi connectivity index (χ1) is 9.70. The highest BCUT2D eigenvalue weighted by Gasteiger charge is 2.26. The first-order valence-corrected chi connectivity index (χ1v) is 7.68. The second-order valence-electron chi connectivity index (χ2n) is 5.22. The maximum Gasteiger partial charge on any atom is 0.0598 e. The van der Waals surface area contributed by atoms with Gasteiger partial charge in [-0.3, -0.25) is 0 Å². The van der Waals surface area contributed by atoms with Crippen molar-refractivity contribution in [3.05, 3.63) is 63.2 Å². The standard InChI is InChI=1S/C17H17Cl2N/c1-20-17-9-7-12(13-4-2-3-5-14(13)17)11-6-8-15(18)16(19)10-11/h2-3,5-6,8,10,17,20H,4,7,9H2,1H3/t17-/m0/s1. The van der Waals surface area contributed by atoms with Gasteiger partial charge >= 0.3 is 0 Å². The molecule has 0 spiro atoms. The van der Waals surface area contributed by atoms with Crippen LogP contribution in [0.2, 0.25) is 10.0 Å². The molecule has 1 aromatic carbocycles. The van der Waals surface area contributed by atoms with E-state index in [2.05, 4.69) is 29.6 Å². The van der Waals surface area contributed by atoms with Crippen LogP contribution in [0.4, 0.5) is 0 Å². The zero-order chi connectivity index (χ0) is 14.1. The van der Waals surface area contributed by atoms with E-state index in [1.54, 1.807) is 0 Å². The molecule has 0 aromatic heterocycles. The minimum atomic E-state index is 0.460. The normalized spacial score (nSPS) is 21.8. The summed E-state index contributed by atoms with van der Waals surface area (Å²) in [5.74, 6) is 0. The summed E-state index contributed by atoms with van der Waals surface area (Å²) >= 11 is 12.2. The maximum absolute atomic E-state index is 6.17. The summed E-state index contributed by atoms with van der Waals surface area (Å²) in [6.07, 6.45) is 9.80. The van der Waals surface area contributed by atoms with Crippen LogP contribution in [0.15, 0.2) is 47.6 Å². The molecule has 20 heavy (non-hydrogen) atoms. The van der Waals surface area contributed by atoms with Gasteiger partial charge in [0.15, 0.2) is 0 Å². The van der Waals surface area contributed by atoms with Crippen LogP contribution in [-0.4, -0.2) is 13.1 Å². The van der Waals surface area contributed by atoms with Crippen molar-refractivity contribution in [3.8, 4) is 0 Å². The van der Waals surface area contributed by atoms with Gasteiger partial charge < -0.3 is 5.32 Å². The largest absolute Gasteiger partial charge is 0.313 e. The van der Waals surface area contributed by atoms with E-state index < -0.39 is 0 Å². The molecular formula is C17H17Cl2N. The Morgan fingerprint density at radius 2 is 2.00 bits per heavy atom. The molecule has 0 heterocycles. The molecule has 0 aliphatic heterocycles. The van der Waals surface area contributed by atoms with Crippen LogP contribution in [0, 0.1) is 0 Å². The Kier molecular flexibility index (Phi) is 4.02. The number of nitrogens with one attached hydrogen (secondary N) is 1. The molecule has 1 atom stereocenters. The van der Waals surface area contributed by atoms with Gasteiger partial charge in [0.1, 0.15) is 0 Å². The van der Waals surface area contributed by atoms with Gasteiger partial charge in [-0.15, -0.1) is 0 Å². The summed E-state index contributed by atoms with van der Waals surface area (Å²) in [6.45, 7) is 0. The number of benzene rings is 1. The highest BCUT2D eigenvalue weighted by Crippen LogP contribution is 2.40. The summed E-state index contributed by atoms with van der Waals surface area (Å²) in [5.41, 5.74) is 5.47. The van der Waals surface area contributed by atoms with Crippen LogP contribution in [0.5, 0.6) is 0 Å². The lowest BCUT2D eigenvalue weighted by atomic mass is 9.78. The number of likely N-dealkylation sites (N-methyl/N-ethyl adjacent to an activating group) is 1. The fourth-order valence-corrected chi connectivity index (χ4v) is 3.40. The SMILES string of the molecule is CN[C@H]1CCC(c2ccc(Cl)c(Cl)c2)=C2CC=CC=C21. The van der Waals surface area contributed by atoms with Crippen LogP contribution in [0.25, 0.3) is 5.57 Å². The monoisotopic (exact) mass is 305 g/mol. The number of hydrogen-bond acceptors (Lipinski definition) is 1. The molecule has 0 saturated carbocycles. The lowest BCUT2D eigenvalue weighted by Crippen LogP contribution is -2.31. The van der Waals surface area contributed by atoms with Crippen molar-refractivity contribution in [3.63, 3.8) is 0 Å². The van der Waals surface area contributed by atoms with E-state index >= 15 is 0 Å². The van der Waals surface area contributed by atoms with Gasteiger partial charge in [0.2, 0.25) is 0 Å². The highest BCUT2D eigenvalue weighted by molar-refractivity contribution is 6.42. The van der Waals surface area contributed by atoms with Gasteiger partial charge in [0.25, 0.3) is 0 Å². The second-order valence-corrected chi connectivity index (χ2v) is 6.03. The Bertz CT molecular complexity index is 626. The summed E-state index contributed by atoms with van der Waals surface area (Å²) in [7, 11) is 2.03. The van der Waals surface area contributed by atoms with Crippen molar-refractivity contribution in [2.24, 2.45) is 0 Å². The van der Waals surface area contributed by atoms with Crippen molar-refractivity contribution >= 4 is 28.8 Å². The van der Waals surface area contributed by atoms with Crippen LogP contribution in [0.1, 0.15) is 24.8 Å². The predicted octanol–water partition coefficient (Wildman–Crippen LogP) is 5.02. The summed E-state index contributed by atoms with van der Waals surface area (Å²) < 4.78 is 0. The molecule has 0 amide bonds. The molecule has 3 heteroatoms. The van der Waals surface area contributed by atoms with E-state index in [1.807, 2.05) is 19.2 Å². The van der Waals surface area contributed by atoms with Gasteiger partial charge in [0.05, 0.1) is 10.0 Å². The quantitative estimate of drug-likeness (QED) is 0.809. The number of halogens is 2. The third-order valence-electron chi connectivity index (χ3n) is 4.12. The molecule has 3 rings (SSSR count). The predicted molar refractivity (Wildman–Crippen MR) is 87.3 cm³/mol. The maximum atomic E-state index is 6.17. The Balaban J connectivity index is 2.08. The van der Waals surface area contributed by atoms with Gasteiger partial charge in [-0.1, -0.05) is 47.5 Å². The van der Waals surface area contributed by atoms with Crippen LogP contribution in [0.3, 0.4) is 0 Å². The van der Waals surface area contributed by atoms with E-state index in [4.69, 9.17) is 23.2 Å². The Labute approximate surface area is 130 Å². The molecule has 0 bridgehead atoms. The minimum absolute atomic E-state index is 0.460. The van der Waals surface area contributed by atoms with Gasteiger partial charge in [-0.05, 0) is 60.7 Å². The average molecular weight is 306 g/mol. The first kappa shape index (κ1) is 13.9.